The number of carbonyl (C=O) groups is 1. The van der Waals surface area contributed by atoms with E-state index in [4.69, 9.17) is 4.74 Å². The summed E-state index contributed by atoms with van der Waals surface area (Å²) in [4.78, 5) is 11.1. The molecule has 1 fully saturated rings. The number of anilines is 1. The van der Waals surface area contributed by atoms with Gasteiger partial charge in [0.1, 0.15) is 0 Å². The van der Waals surface area contributed by atoms with Gasteiger partial charge in [0.2, 0.25) is 0 Å². The van der Waals surface area contributed by atoms with Gasteiger partial charge in [-0.2, -0.15) is 0 Å². The first-order chi connectivity index (χ1) is 7.25. The smallest absolute Gasteiger partial charge is 0.159 e. The molecule has 1 aromatic rings. The van der Waals surface area contributed by atoms with E-state index in [0.29, 0.717) is 6.04 Å². The van der Waals surface area contributed by atoms with Gasteiger partial charge in [-0.1, -0.05) is 0 Å². The number of carbonyl (C=O) groups excluding carboxylic acids is 1. The molecular weight excluding hydrogens is 190 g/mol. The second-order valence-corrected chi connectivity index (χ2v) is 3.84. The number of rotatable bonds is 3. The fraction of sp³-hybridized carbons (Fsp3) is 0.417. The van der Waals surface area contributed by atoms with Crippen LogP contribution in [-0.2, 0) is 4.74 Å². The molecule has 0 radical (unpaired) electrons. The van der Waals surface area contributed by atoms with E-state index in [1.54, 1.807) is 6.92 Å². The molecule has 1 aliphatic rings. The van der Waals surface area contributed by atoms with Crippen LogP contribution >= 0.6 is 0 Å². The van der Waals surface area contributed by atoms with E-state index in [-0.39, 0.29) is 5.78 Å². The normalized spacial score (nSPS) is 20.2. The molecule has 2 rings (SSSR count). The Labute approximate surface area is 89.4 Å². The van der Waals surface area contributed by atoms with Crippen molar-refractivity contribution in [1.82, 2.24) is 0 Å². The first kappa shape index (κ1) is 10.2. The maximum absolute atomic E-state index is 11.1. The van der Waals surface area contributed by atoms with Gasteiger partial charge in [-0.15, -0.1) is 0 Å². The van der Waals surface area contributed by atoms with Crippen LogP contribution in [0, 0.1) is 0 Å². The number of ether oxygens (including phenoxy) is 1. The quantitative estimate of drug-likeness (QED) is 0.768. The van der Waals surface area contributed by atoms with Gasteiger partial charge in [0, 0.05) is 17.9 Å². The van der Waals surface area contributed by atoms with Gasteiger partial charge in [0.25, 0.3) is 0 Å². The molecule has 0 spiro atoms. The third-order valence-corrected chi connectivity index (χ3v) is 2.59. The molecule has 1 aliphatic heterocycles. The van der Waals surface area contributed by atoms with Crippen molar-refractivity contribution in [2.24, 2.45) is 0 Å². The van der Waals surface area contributed by atoms with Crippen molar-refractivity contribution in [3.63, 3.8) is 0 Å². The van der Waals surface area contributed by atoms with Crippen LogP contribution in [0.3, 0.4) is 0 Å². The fourth-order valence-electron chi connectivity index (χ4n) is 1.69. The Morgan fingerprint density at radius 2 is 2.13 bits per heavy atom. The van der Waals surface area contributed by atoms with Crippen LogP contribution in [-0.4, -0.2) is 25.0 Å². The average molecular weight is 205 g/mol. The molecular formula is C12H15NO2. The van der Waals surface area contributed by atoms with E-state index in [1.807, 2.05) is 24.3 Å². The van der Waals surface area contributed by atoms with Gasteiger partial charge in [0.15, 0.2) is 5.78 Å². The zero-order valence-electron chi connectivity index (χ0n) is 8.82. The maximum atomic E-state index is 11.1. The Hall–Kier alpha value is -1.35. The lowest BCUT2D eigenvalue weighted by molar-refractivity contribution is 0.101. The van der Waals surface area contributed by atoms with E-state index >= 15 is 0 Å². The van der Waals surface area contributed by atoms with Crippen LogP contribution in [0.1, 0.15) is 23.7 Å². The monoisotopic (exact) mass is 205 g/mol. The SMILES string of the molecule is CC(=O)c1ccc(NC2CCOC2)cc1. The van der Waals surface area contributed by atoms with Crippen LogP contribution in [0.4, 0.5) is 5.69 Å². The van der Waals surface area contributed by atoms with E-state index < -0.39 is 0 Å². The lowest BCUT2D eigenvalue weighted by atomic mass is 10.1. The van der Waals surface area contributed by atoms with Crippen molar-refractivity contribution in [3.05, 3.63) is 29.8 Å². The van der Waals surface area contributed by atoms with Crippen molar-refractivity contribution in [1.29, 1.82) is 0 Å². The molecule has 1 N–H and O–H groups in total. The van der Waals surface area contributed by atoms with Gasteiger partial charge >= 0.3 is 0 Å². The third-order valence-electron chi connectivity index (χ3n) is 2.59. The number of benzene rings is 1. The number of hydrogen-bond donors (Lipinski definition) is 1. The molecule has 0 bridgehead atoms. The largest absolute Gasteiger partial charge is 0.380 e. The minimum absolute atomic E-state index is 0.103. The standard InChI is InChI=1S/C12H15NO2/c1-9(14)10-2-4-11(5-3-10)13-12-6-7-15-8-12/h2-5,12-13H,6-8H2,1H3. The Morgan fingerprint density at radius 3 is 2.67 bits per heavy atom. The van der Waals surface area contributed by atoms with E-state index in [1.165, 1.54) is 0 Å². The number of hydrogen-bond acceptors (Lipinski definition) is 3. The van der Waals surface area contributed by atoms with Crippen LogP contribution in [0.2, 0.25) is 0 Å². The topological polar surface area (TPSA) is 38.3 Å². The molecule has 3 heteroatoms. The minimum Gasteiger partial charge on any atom is -0.380 e. The Balaban J connectivity index is 2.00. The van der Waals surface area contributed by atoms with Gasteiger partial charge in [-0.25, -0.2) is 0 Å². The van der Waals surface area contributed by atoms with Crippen LogP contribution in [0.5, 0.6) is 0 Å². The zero-order chi connectivity index (χ0) is 10.7. The highest BCUT2D eigenvalue weighted by Gasteiger charge is 2.14. The molecule has 1 heterocycles. The highest BCUT2D eigenvalue weighted by molar-refractivity contribution is 5.94. The highest BCUT2D eigenvalue weighted by Crippen LogP contribution is 2.14. The van der Waals surface area contributed by atoms with E-state index in [9.17, 15) is 4.79 Å². The molecule has 0 aliphatic carbocycles. The van der Waals surface area contributed by atoms with Crippen molar-refractivity contribution in [2.75, 3.05) is 18.5 Å². The second-order valence-electron chi connectivity index (χ2n) is 3.84. The Kier molecular flexibility index (Phi) is 3.02. The summed E-state index contributed by atoms with van der Waals surface area (Å²) in [6.45, 7) is 3.19. The molecule has 0 saturated carbocycles. The minimum atomic E-state index is 0.103. The van der Waals surface area contributed by atoms with Crippen LogP contribution in [0.25, 0.3) is 0 Å². The first-order valence-electron chi connectivity index (χ1n) is 5.21. The molecule has 1 unspecified atom stereocenters. The Bertz CT molecular complexity index is 339. The van der Waals surface area contributed by atoms with Gasteiger partial charge in [0.05, 0.1) is 12.6 Å². The van der Waals surface area contributed by atoms with Crippen molar-refractivity contribution >= 4 is 11.5 Å². The van der Waals surface area contributed by atoms with Crippen molar-refractivity contribution in [2.45, 2.75) is 19.4 Å². The summed E-state index contributed by atoms with van der Waals surface area (Å²) in [7, 11) is 0. The highest BCUT2D eigenvalue weighted by atomic mass is 16.5. The molecule has 80 valence electrons. The Morgan fingerprint density at radius 1 is 1.40 bits per heavy atom. The summed E-state index contributed by atoms with van der Waals surface area (Å²) in [5, 5.41) is 3.37. The number of Topliss-reactive ketones (excluding diaryl/α,β-unsaturated/α-hetero) is 1. The lowest BCUT2D eigenvalue weighted by Crippen LogP contribution is -2.18. The summed E-state index contributed by atoms with van der Waals surface area (Å²) >= 11 is 0. The third kappa shape index (κ3) is 2.57. The van der Waals surface area contributed by atoms with Gasteiger partial charge in [-0.3, -0.25) is 4.79 Å². The molecule has 0 aromatic heterocycles. The van der Waals surface area contributed by atoms with Gasteiger partial charge in [-0.05, 0) is 37.6 Å². The molecule has 1 aromatic carbocycles. The number of ketones is 1. The molecule has 1 atom stereocenters. The molecule has 0 amide bonds. The van der Waals surface area contributed by atoms with Crippen LogP contribution < -0.4 is 5.32 Å². The average Bonchev–Trinajstić information content (AvgIpc) is 2.71. The summed E-state index contributed by atoms with van der Waals surface area (Å²) in [5.41, 5.74) is 1.80. The van der Waals surface area contributed by atoms with E-state index in [2.05, 4.69) is 5.32 Å². The van der Waals surface area contributed by atoms with E-state index in [0.717, 1.165) is 30.9 Å². The second kappa shape index (κ2) is 4.45. The molecule has 1 saturated heterocycles. The van der Waals surface area contributed by atoms with Crippen LogP contribution in [0.15, 0.2) is 24.3 Å². The summed E-state index contributed by atoms with van der Waals surface area (Å²) in [5.74, 6) is 0.103. The number of nitrogens with one attached hydrogen (secondary N) is 1. The first-order valence-corrected chi connectivity index (χ1v) is 5.21. The predicted octanol–water partition coefficient (Wildman–Crippen LogP) is 2.09. The fourth-order valence-corrected chi connectivity index (χ4v) is 1.69. The maximum Gasteiger partial charge on any atom is 0.159 e. The lowest BCUT2D eigenvalue weighted by Gasteiger charge is -2.12. The summed E-state index contributed by atoms with van der Waals surface area (Å²) in [6, 6.07) is 7.98. The van der Waals surface area contributed by atoms with Gasteiger partial charge < -0.3 is 10.1 Å². The van der Waals surface area contributed by atoms with Crippen molar-refractivity contribution in [3.8, 4) is 0 Å². The van der Waals surface area contributed by atoms with Crippen molar-refractivity contribution < 1.29 is 9.53 Å². The molecule has 15 heavy (non-hydrogen) atoms. The molecule has 3 nitrogen and oxygen atoms in total. The summed E-state index contributed by atoms with van der Waals surface area (Å²) in [6.07, 6.45) is 1.05. The predicted molar refractivity (Wildman–Crippen MR) is 59.3 cm³/mol. The summed E-state index contributed by atoms with van der Waals surface area (Å²) < 4.78 is 5.27. The zero-order valence-corrected chi connectivity index (χ0v) is 8.82.